The SMILES string of the molecule is CCN(CC)Cc1ccc(C(=O)N2CCC(CO)CC2)o1. The van der Waals surface area contributed by atoms with E-state index in [0.29, 0.717) is 24.8 Å². The molecule has 0 bridgehead atoms. The first-order valence-corrected chi connectivity index (χ1v) is 7.89. The Labute approximate surface area is 126 Å². The number of likely N-dealkylation sites (tertiary alicyclic amines) is 1. The van der Waals surface area contributed by atoms with Crippen molar-refractivity contribution in [1.82, 2.24) is 9.80 Å². The summed E-state index contributed by atoms with van der Waals surface area (Å²) in [5.41, 5.74) is 0. The number of aliphatic hydroxyl groups excluding tert-OH is 1. The maximum Gasteiger partial charge on any atom is 0.289 e. The maximum atomic E-state index is 12.4. The number of rotatable bonds is 6. The molecule has 0 spiro atoms. The van der Waals surface area contributed by atoms with Gasteiger partial charge in [-0.25, -0.2) is 0 Å². The Morgan fingerprint density at radius 3 is 2.57 bits per heavy atom. The molecule has 2 heterocycles. The van der Waals surface area contributed by atoms with E-state index in [1.165, 1.54) is 0 Å². The van der Waals surface area contributed by atoms with E-state index in [4.69, 9.17) is 9.52 Å². The van der Waals surface area contributed by atoms with Crippen LogP contribution in [0.5, 0.6) is 0 Å². The standard InChI is InChI=1S/C16H26N2O3/c1-3-17(4-2)11-14-5-6-15(21-14)16(20)18-9-7-13(12-19)8-10-18/h5-6,13,19H,3-4,7-12H2,1-2H3. The summed E-state index contributed by atoms with van der Waals surface area (Å²) in [5, 5.41) is 9.14. The van der Waals surface area contributed by atoms with Crippen LogP contribution in [0.4, 0.5) is 0 Å². The van der Waals surface area contributed by atoms with Gasteiger partial charge in [-0.1, -0.05) is 13.8 Å². The molecule has 1 aliphatic rings. The number of carbonyl (C=O) groups excluding carboxylic acids is 1. The number of aliphatic hydroxyl groups is 1. The van der Waals surface area contributed by atoms with Gasteiger partial charge in [0.05, 0.1) is 6.54 Å². The fourth-order valence-corrected chi connectivity index (χ4v) is 2.72. The van der Waals surface area contributed by atoms with Crippen molar-refractivity contribution in [2.24, 2.45) is 5.92 Å². The lowest BCUT2D eigenvalue weighted by molar-refractivity contribution is 0.0617. The molecule has 1 aromatic heterocycles. The summed E-state index contributed by atoms with van der Waals surface area (Å²) in [7, 11) is 0. The van der Waals surface area contributed by atoms with E-state index in [2.05, 4.69) is 18.7 Å². The van der Waals surface area contributed by atoms with Crippen LogP contribution in [0.3, 0.4) is 0 Å². The minimum absolute atomic E-state index is 0.0304. The minimum atomic E-state index is -0.0304. The van der Waals surface area contributed by atoms with Gasteiger partial charge in [-0.3, -0.25) is 9.69 Å². The Hall–Kier alpha value is -1.33. The van der Waals surface area contributed by atoms with Crippen molar-refractivity contribution in [3.63, 3.8) is 0 Å². The van der Waals surface area contributed by atoms with Gasteiger partial charge in [0.1, 0.15) is 5.76 Å². The largest absolute Gasteiger partial charge is 0.455 e. The van der Waals surface area contributed by atoms with Gasteiger partial charge in [0.2, 0.25) is 0 Å². The second-order valence-corrected chi connectivity index (χ2v) is 5.65. The average Bonchev–Trinajstić information content (AvgIpc) is 3.00. The molecule has 0 saturated carbocycles. The smallest absolute Gasteiger partial charge is 0.289 e. The van der Waals surface area contributed by atoms with Crippen molar-refractivity contribution < 1.29 is 14.3 Å². The van der Waals surface area contributed by atoms with E-state index in [1.54, 1.807) is 6.07 Å². The molecular weight excluding hydrogens is 268 g/mol. The third-order valence-corrected chi connectivity index (χ3v) is 4.31. The molecule has 0 aromatic carbocycles. The quantitative estimate of drug-likeness (QED) is 0.871. The maximum absolute atomic E-state index is 12.4. The number of hydrogen-bond donors (Lipinski definition) is 1. The molecule has 0 atom stereocenters. The summed E-state index contributed by atoms with van der Waals surface area (Å²) >= 11 is 0. The molecule has 0 unspecified atom stereocenters. The molecular formula is C16H26N2O3. The number of hydrogen-bond acceptors (Lipinski definition) is 4. The van der Waals surface area contributed by atoms with Crippen molar-refractivity contribution in [3.8, 4) is 0 Å². The molecule has 1 saturated heterocycles. The molecule has 1 amide bonds. The van der Waals surface area contributed by atoms with Crippen molar-refractivity contribution >= 4 is 5.91 Å². The molecule has 0 aliphatic carbocycles. The minimum Gasteiger partial charge on any atom is -0.455 e. The van der Waals surface area contributed by atoms with Crippen molar-refractivity contribution in [2.45, 2.75) is 33.2 Å². The fourth-order valence-electron chi connectivity index (χ4n) is 2.72. The van der Waals surface area contributed by atoms with Gasteiger partial charge < -0.3 is 14.4 Å². The number of furan rings is 1. The molecule has 1 N–H and O–H groups in total. The predicted molar refractivity (Wildman–Crippen MR) is 81.0 cm³/mol. The highest BCUT2D eigenvalue weighted by molar-refractivity contribution is 5.91. The van der Waals surface area contributed by atoms with E-state index >= 15 is 0 Å². The Balaban J connectivity index is 1.93. The second kappa shape index (κ2) is 7.61. The van der Waals surface area contributed by atoms with Gasteiger partial charge in [0, 0.05) is 19.7 Å². The summed E-state index contributed by atoms with van der Waals surface area (Å²) in [6.07, 6.45) is 1.74. The van der Waals surface area contributed by atoms with Gasteiger partial charge in [0.25, 0.3) is 5.91 Å². The van der Waals surface area contributed by atoms with Crippen LogP contribution in [0.1, 0.15) is 43.0 Å². The number of amides is 1. The zero-order chi connectivity index (χ0) is 15.2. The molecule has 2 rings (SSSR count). The number of piperidine rings is 1. The highest BCUT2D eigenvalue weighted by Crippen LogP contribution is 2.19. The molecule has 21 heavy (non-hydrogen) atoms. The lowest BCUT2D eigenvalue weighted by Crippen LogP contribution is -2.39. The van der Waals surface area contributed by atoms with Crippen LogP contribution in [0, 0.1) is 5.92 Å². The first-order chi connectivity index (χ1) is 10.2. The van der Waals surface area contributed by atoms with Gasteiger partial charge in [-0.05, 0) is 44.0 Å². The predicted octanol–water partition coefficient (Wildman–Crippen LogP) is 1.97. The Morgan fingerprint density at radius 2 is 2.00 bits per heavy atom. The second-order valence-electron chi connectivity index (χ2n) is 5.65. The Kier molecular flexibility index (Phi) is 5.82. The van der Waals surface area contributed by atoms with Crippen LogP contribution in [0.25, 0.3) is 0 Å². The van der Waals surface area contributed by atoms with Crippen LogP contribution >= 0.6 is 0 Å². The van der Waals surface area contributed by atoms with E-state index in [-0.39, 0.29) is 12.5 Å². The average molecular weight is 294 g/mol. The summed E-state index contributed by atoms with van der Waals surface area (Å²) in [4.78, 5) is 16.5. The van der Waals surface area contributed by atoms with Crippen LogP contribution < -0.4 is 0 Å². The normalized spacial score (nSPS) is 16.7. The van der Waals surface area contributed by atoms with Crippen molar-refractivity contribution in [2.75, 3.05) is 32.8 Å². The summed E-state index contributed by atoms with van der Waals surface area (Å²) < 4.78 is 5.70. The van der Waals surface area contributed by atoms with E-state index in [1.807, 2.05) is 11.0 Å². The summed E-state index contributed by atoms with van der Waals surface area (Å²) in [6, 6.07) is 3.67. The third-order valence-electron chi connectivity index (χ3n) is 4.31. The van der Waals surface area contributed by atoms with E-state index < -0.39 is 0 Å². The van der Waals surface area contributed by atoms with Crippen molar-refractivity contribution in [1.29, 1.82) is 0 Å². The monoisotopic (exact) mass is 294 g/mol. The number of nitrogens with zero attached hydrogens (tertiary/aromatic N) is 2. The van der Waals surface area contributed by atoms with E-state index in [9.17, 15) is 4.79 Å². The summed E-state index contributed by atoms with van der Waals surface area (Å²) in [6.45, 7) is 8.54. The molecule has 1 aromatic rings. The number of carbonyl (C=O) groups is 1. The van der Waals surface area contributed by atoms with Crippen molar-refractivity contribution in [3.05, 3.63) is 23.7 Å². The zero-order valence-corrected chi connectivity index (χ0v) is 13.0. The highest BCUT2D eigenvalue weighted by atomic mass is 16.4. The molecule has 118 valence electrons. The van der Waals surface area contributed by atoms with Crippen LogP contribution in [-0.2, 0) is 6.54 Å². The van der Waals surface area contributed by atoms with E-state index in [0.717, 1.165) is 38.2 Å². The van der Waals surface area contributed by atoms with Gasteiger partial charge >= 0.3 is 0 Å². The van der Waals surface area contributed by atoms with Crippen LogP contribution in [0.2, 0.25) is 0 Å². The van der Waals surface area contributed by atoms with Crippen LogP contribution in [0.15, 0.2) is 16.5 Å². The van der Waals surface area contributed by atoms with Gasteiger partial charge in [-0.15, -0.1) is 0 Å². The molecule has 5 heteroatoms. The molecule has 1 aliphatic heterocycles. The molecule has 1 fully saturated rings. The first kappa shape index (κ1) is 16.0. The van der Waals surface area contributed by atoms with Gasteiger partial charge in [-0.2, -0.15) is 0 Å². The lowest BCUT2D eigenvalue weighted by Gasteiger charge is -2.30. The zero-order valence-electron chi connectivity index (χ0n) is 13.0. The molecule has 0 radical (unpaired) electrons. The Morgan fingerprint density at radius 1 is 1.33 bits per heavy atom. The lowest BCUT2D eigenvalue weighted by atomic mass is 9.98. The van der Waals surface area contributed by atoms with Gasteiger partial charge in [0.15, 0.2) is 5.76 Å². The summed E-state index contributed by atoms with van der Waals surface area (Å²) in [5.74, 6) is 1.58. The highest BCUT2D eigenvalue weighted by Gasteiger charge is 2.25. The fraction of sp³-hybridized carbons (Fsp3) is 0.688. The molecule has 5 nitrogen and oxygen atoms in total. The Bertz CT molecular complexity index is 446. The van der Waals surface area contributed by atoms with Crippen LogP contribution in [-0.4, -0.2) is 53.6 Å². The topological polar surface area (TPSA) is 56.9 Å². The third kappa shape index (κ3) is 4.08. The first-order valence-electron chi connectivity index (χ1n) is 7.89.